The fourth-order valence-corrected chi connectivity index (χ4v) is 3.29. The second-order valence-corrected chi connectivity index (χ2v) is 6.65. The van der Waals surface area contributed by atoms with E-state index in [1.54, 1.807) is 18.4 Å². The second kappa shape index (κ2) is 7.53. The summed E-state index contributed by atoms with van der Waals surface area (Å²) in [5.74, 6) is 0.816. The first kappa shape index (κ1) is 15.9. The number of guanidine groups is 1. The summed E-state index contributed by atoms with van der Waals surface area (Å²) in [5.41, 5.74) is 2.37. The van der Waals surface area contributed by atoms with Gasteiger partial charge in [-0.05, 0) is 41.6 Å². The highest BCUT2D eigenvalue weighted by molar-refractivity contribution is 7.09. The summed E-state index contributed by atoms with van der Waals surface area (Å²) >= 11 is 7.83. The van der Waals surface area contributed by atoms with Crippen molar-refractivity contribution in [2.45, 2.75) is 13.0 Å². The second-order valence-electron chi connectivity index (χ2n) is 5.19. The average molecular weight is 347 g/mol. The number of hydrogen-bond donors (Lipinski definition) is 3. The van der Waals surface area contributed by atoms with Crippen molar-refractivity contribution >= 4 is 39.8 Å². The minimum absolute atomic E-state index is 0.764. The third-order valence-electron chi connectivity index (χ3n) is 3.65. The van der Waals surface area contributed by atoms with Gasteiger partial charge < -0.3 is 15.6 Å². The summed E-state index contributed by atoms with van der Waals surface area (Å²) in [4.78, 5) is 8.82. The van der Waals surface area contributed by atoms with Crippen molar-refractivity contribution in [3.05, 3.63) is 57.4 Å². The Bertz CT molecular complexity index is 792. The first-order valence-corrected chi connectivity index (χ1v) is 8.74. The molecule has 2 aromatic heterocycles. The largest absolute Gasteiger partial charge is 0.361 e. The van der Waals surface area contributed by atoms with Crippen LogP contribution < -0.4 is 10.6 Å². The molecule has 0 aliphatic carbocycles. The molecule has 3 aromatic rings. The van der Waals surface area contributed by atoms with Crippen LogP contribution in [-0.4, -0.2) is 24.5 Å². The van der Waals surface area contributed by atoms with Crippen LogP contribution in [0.25, 0.3) is 10.9 Å². The third-order valence-corrected chi connectivity index (χ3v) is 4.76. The van der Waals surface area contributed by atoms with Gasteiger partial charge in [-0.1, -0.05) is 17.7 Å². The summed E-state index contributed by atoms with van der Waals surface area (Å²) in [6.07, 6.45) is 2.95. The van der Waals surface area contributed by atoms with Gasteiger partial charge in [0.1, 0.15) is 0 Å². The minimum Gasteiger partial charge on any atom is -0.361 e. The number of H-pyrrole nitrogens is 1. The molecular formula is C17H19ClN4S. The van der Waals surface area contributed by atoms with Crippen molar-refractivity contribution in [1.82, 2.24) is 15.6 Å². The van der Waals surface area contributed by atoms with Crippen molar-refractivity contribution < 1.29 is 0 Å². The number of aromatic amines is 1. The van der Waals surface area contributed by atoms with E-state index in [1.807, 2.05) is 24.4 Å². The van der Waals surface area contributed by atoms with Crippen LogP contribution in [0.15, 0.2) is 46.9 Å². The number of fused-ring (bicyclic) bond motifs is 1. The Morgan fingerprint density at radius 2 is 2.22 bits per heavy atom. The molecule has 0 aliphatic heterocycles. The van der Waals surface area contributed by atoms with E-state index in [1.165, 1.54) is 15.8 Å². The molecule has 0 amide bonds. The van der Waals surface area contributed by atoms with Crippen molar-refractivity contribution in [1.29, 1.82) is 0 Å². The first-order chi connectivity index (χ1) is 11.3. The van der Waals surface area contributed by atoms with Crippen LogP contribution in [0.5, 0.6) is 0 Å². The maximum absolute atomic E-state index is 6.09. The molecule has 0 atom stereocenters. The van der Waals surface area contributed by atoms with E-state index in [4.69, 9.17) is 11.6 Å². The summed E-state index contributed by atoms with van der Waals surface area (Å²) in [6.45, 7) is 1.60. The van der Waals surface area contributed by atoms with Crippen LogP contribution in [-0.2, 0) is 13.0 Å². The SMILES string of the molecule is CN=C(NCCc1c[nH]c2ccc(Cl)cc12)NCc1cccs1. The standard InChI is InChI=1S/C17H19ClN4S/c1-19-17(22-11-14-3-2-8-23-14)20-7-6-12-10-21-16-5-4-13(18)9-15(12)16/h2-5,8-10,21H,6-7,11H2,1H3,(H2,19,20,22). The van der Waals surface area contributed by atoms with Crippen LogP contribution in [0.2, 0.25) is 5.02 Å². The first-order valence-electron chi connectivity index (χ1n) is 7.48. The van der Waals surface area contributed by atoms with Crippen molar-refractivity contribution in [3.63, 3.8) is 0 Å². The van der Waals surface area contributed by atoms with Gasteiger partial charge in [-0.15, -0.1) is 11.3 Å². The molecule has 0 unspecified atom stereocenters. The Hall–Kier alpha value is -1.98. The summed E-state index contributed by atoms with van der Waals surface area (Å²) < 4.78 is 0. The monoisotopic (exact) mass is 346 g/mol. The topological polar surface area (TPSA) is 52.2 Å². The zero-order valence-electron chi connectivity index (χ0n) is 12.9. The number of rotatable bonds is 5. The molecule has 0 saturated carbocycles. The van der Waals surface area contributed by atoms with Gasteiger partial charge in [-0.3, -0.25) is 4.99 Å². The number of nitrogens with zero attached hydrogens (tertiary/aromatic N) is 1. The number of thiophene rings is 1. The molecule has 1 aromatic carbocycles. The predicted octanol–water partition coefficient (Wildman–Crippen LogP) is 3.79. The molecule has 4 nitrogen and oxygen atoms in total. The smallest absolute Gasteiger partial charge is 0.191 e. The Morgan fingerprint density at radius 3 is 3.00 bits per heavy atom. The number of hydrogen-bond acceptors (Lipinski definition) is 2. The van der Waals surface area contributed by atoms with E-state index in [-0.39, 0.29) is 0 Å². The predicted molar refractivity (Wildman–Crippen MR) is 99.5 cm³/mol. The fourth-order valence-electron chi connectivity index (χ4n) is 2.48. The van der Waals surface area contributed by atoms with Gasteiger partial charge in [0, 0.05) is 40.6 Å². The average Bonchev–Trinajstić information content (AvgIpc) is 3.20. The minimum atomic E-state index is 0.764. The van der Waals surface area contributed by atoms with E-state index >= 15 is 0 Å². The molecule has 6 heteroatoms. The molecule has 3 N–H and O–H groups in total. The van der Waals surface area contributed by atoms with Crippen LogP contribution in [0.4, 0.5) is 0 Å². The quantitative estimate of drug-likeness (QED) is 0.486. The van der Waals surface area contributed by atoms with Gasteiger partial charge >= 0.3 is 0 Å². The van der Waals surface area contributed by atoms with Gasteiger partial charge in [0.15, 0.2) is 5.96 Å². The molecule has 0 saturated heterocycles. The summed E-state index contributed by atoms with van der Waals surface area (Å²) in [5, 5.41) is 10.7. The molecule has 2 heterocycles. The number of nitrogens with one attached hydrogen (secondary N) is 3. The van der Waals surface area contributed by atoms with E-state index < -0.39 is 0 Å². The maximum atomic E-state index is 6.09. The van der Waals surface area contributed by atoms with Crippen molar-refractivity contribution in [2.24, 2.45) is 4.99 Å². The van der Waals surface area contributed by atoms with Crippen LogP contribution >= 0.6 is 22.9 Å². The highest BCUT2D eigenvalue weighted by atomic mass is 35.5. The molecule has 3 rings (SSSR count). The van der Waals surface area contributed by atoms with E-state index in [0.29, 0.717) is 0 Å². The lowest BCUT2D eigenvalue weighted by atomic mass is 10.1. The Balaban J connectivity index is 1.54. The summed E-state index contributed by atoms with van der Waals surface area (Å²) in [7, 11) is 1.79. The summed E-state index contributed by atoms with van der Waals surface area (Å²) in [6, 6.07) is 10.1. The fraction of sp³-hybridized carbons (Fsp3) is 0.235. The lowest BCUT2D eigenvalue weighted by Crippen LogP contribution is -2.37. The maximum Gasteiger partial charge on any atom is 0.191 e. The molecule has 0 spiro atoms. The lowest BCUT2D eigenvalue weighted by Gasteiger charge is -2.11. The number of aromatic nitrogens is 1. The molecule has 0 aliphatic rings. The molecule has 0 bridgehead atoms. The van der Waals surface area contributed by atoms with Crippen LogP contribution in [0.3, 0.4) is 0 Å². The molecule has 23 heavy (non-hydrogen) atoms. The third kappa shape index (κ3) is 4.06. The van der Waals surface area contributed by atoms with Gasteiger partial charge in [0.2, 0.25) is 0 Å². The van der Waals surface area contributed by atoms with E-state index in [2.05, 4.69) is 38.1 Å². The van der Waals surface area contributed by atoms with E-state index in [9.17, 15) is 0 Å². The lowest BCUT2D eigenvalue weighted by molar-refractivity contribution is 0.801. The zero-order valence-corrected chi connectivity index (χ0v) is 14.5. The van der Waals surface area contributed by atoms with Gasteiger partial charge in [-0.2, -0.15) is 0 Å². The molecule has 0 radical (unpaired) electrons. The Morgan fingerprint density at radius 1 is 1.30 bits per heavy atom. The molecule has 120 valence electrons. The number of aliphatic imine (C=N–C) groups is 1. The van der Waals surface area contributed by atoms with Gasteiger partial charge in [-0.25, -0.2) is 0 Å². The number of halogens is 1. The van der Waals surface area contributed by atoms with Crippen molar-refractivity contribution in [3.8, 4) is 0 Å². The van der Waals surface area contributed by atoms with Crippen LogP contribution in [0.1, 0.15) is 10.4 Å². The van der Waals surface area contributed by atoms with Gasteiger partial charge in [0.05, 0.1) is 6.54 Å². The Kier molecular flexibility index (Phi) is 5.20. The van der Waals surface area contributed by atoms with Gasteiger partial charge in [0.25, 0.3) is 0 Å². The van der Waals surface area contributed by atoms with Crippen molar-refractivity contribution in [2.75, 3.05) is 13.6 Å². The molecule has 0 fully saturated rings. The highest BCUT2D eigenvalue weighted by Gasteiger charge is 2.05. The zero-order chi connectivity index (χ0) is 16.1. The number of benzene rings is 1. The molecular weight excluding hydrogens is 328 g/mol. The highest BCUT2D eigenvalue weighted by Crippen LogP contribution is 2.22. The van der Waals surface area contributed by atoms with E-state index in [0.717, 1.165) is 36.0 Å². The Labute approximate surface area is 144 Å². The van der Waals surface area contributed by atoms with Crippen LogP contribution in [0, 0.1) is 0 Å². The normalized spacial score (nSPS) is 11.8.